The van der Waals surface area contributed by atoms with Gasteiger partial charge in [0.15, 0.2) is 9.84 Å². The van der Waals surface area contributed by atoms with E-state index < -0.39 is 57.1 Å². The monoisotopic (exact) mass is 341 g/mol. The molecule has 1 rings (SSSR count). The number of sulfone groups is 1. The van der Waals surface area contributed by atoms with Crippen molar-refractivity contribution in [2.45, 2.75) is 19.0 Å². The molecule has 124 valence electrons. The molecule has 0 radical (unpaired) electrons. The molecule has 1 atom stereocenters. The molecule has 0 spiro atoms. The summed E-state index contributed by atoms with van der Waals surface area (Å²) in [6.45, 7) is 0.160. The highest BCUT2D eigenvalue weighted by atomic mass is 32.2. The molecule has 0 aliphatic carbocycles. The first kappa shape index (κ1) is 18.4. The first-order valence-electron chi connectivity index (χ1n) is 6.26. The van der Waals surface area contributed by atoms with E-state index in [-0.39, 0.29) is 5.56 Å². The number of rotatable bonds is 6. The fourth-order valence-electron chi connectivity index (χ4n) is 2.17. The van der Waals surface area contributed by atoms with Crippen LogP contribution in [0.4, 0.5) is 17.6 Å². The Kier molecular flexibility index (Phi) is 5.55. The van der Waals surface area contributed by atoms with Crippen molar-refractivity contribution < 1.29 is 30.8 Å². The Bertz CT molecular complexity index is 656. The van der Waals surface area contributed by atoms with Crippen molar-refractivity contribution >= 4 is 15.7 Å². The van der Waals surface area contributed by atoms with Crippen molar-refractivity contribution in [3.63, 3.8) is 0 Å². The molecular formula is C13H15F4NO3S. The number of nitrogens with two attached hydrogens (primary N) is 1. The predicted molar refractivity (Wildman–Crippen MR) is 73.0 cm³/mol. The number of hydrogen-bond acceptors (Lipinski definition) is 3. The predicted octanol–water partition coefficient (Wildman–Crippen LogP) is 2.29. The van der Waals surface area contributed by atoms with E-state index in [1.54, 1.807) is 0 Å². The Morgan fingerprint density at radius 3 is 2.36 bits per heavy atom. The van der Waals surface area contributed by atoms with E-state index in [2.05, 4.69) is 0 Å². The standard InChI is InChI=1S/C13H15F4NO3S/c1-8(7-22(20,21)6-5-14)9-3-2-4-10(12(18)19)11(9)13(15,16)17/h2-4,8H,5-7H2,1H3,(H2,18,19)/t8-/m0/s1. The third-order valence-corrected chi connectivity index (χ3v) is 4.85. The van der Waals surface area contributed by atoms with Crippen molar-refractivity contribution in [1.29, 1.82) is 0 Å². The van der Waals surface area contributed by atoms with Crippen LogP contribution in [0, 0.1) is 0 Å². The van der Waals surface area contributed by atoms with Crippen LogP contribution >= 0.6 is 0 Å². The van der Waals surface area contributed by atoms with Crippen LogP contribution in [0.2, 0.25) is 0 Å². The summed E-state index contributed by atoms with van der Waals surface area (Å²) >= 11 is 0. The summed E-state index contributed by atoms with van der Waals surface area (Å²) in [4.78, 5) is 11.2. The second-order valence-corrected chi connectivity index (χ2v) is 7.06. The van der Waals surface area contributed by atoms with Crippen LogP contribution in [0.15, 0.2) is 18.2 Å². The molecule has 1 aromatic rings. The minimum atomic E-state index is -4.86. The normalized spacial score (nSPS) is 13.9. The van der Waals surface area contributed by atoms with Crippen LogP contribution in [-0.4, -0.2) is 32.5 Å². The largest absolute Gasteiger partial charge is 0.417 e. The highest BCUT2D eigenvalue weighted by Crippen LogP contribution is 2.38. The fraction of sp³-hybridized carbons (Fsp3) is 0.462. The van der Waals surface area contributed by atoms with E-state index in [9.17, 15) is 30.8 Å². The molecule has 0 aliphatic rings. The van der Waals surface area contributed by atoms with Gasteiger partial charge in [0.2, 0.25) is 5.91 Å². The van der Waals surface area contributed by atoms with Gasteiger partial charge in [0.1, 0.15) is 6.67 Å². The summed E-state index contributed by atoms with van der Waals surface area (Å²) < 4.78 is 74.9. The van der Waals surface area contributed by atoms with Crippen LogP contribution in [0.1, 0.15) is 34.3 Å². The van der Waals surface area contributed by atoms with Crippen molar-refractivity contribution in [2.75, 3.05) is 18.2 Å². The van der Waals surface area contributed by atoms with Gasteiger partial charge in [0.05, 0.1) is 22.6 Å². The number of benzene rings is 1. The molecule has 0 heterocycles. The lowest BCUT2D eigenvalue weighted by Gasteiger charge is -2.20. The van der Waals surface area contributed by atoms with Crippen LogP contribution in [0.5, 0.6) is 0 Å². The van der Waals surface area contributed by atoms with Crippen LogP contribution in [0.3, 0.4) is 0 Å². The highest BCUT2D eigenvalue weighted by molar-refractivity contribution is 7.91. The number of amides is 1. The quantitative estimate of drug-likeness (QED) is 0.807. The molecule has 1 amide bonds. The van der Waals surface area contributed by atoms with Crippen molar-refractivity contribution in [1.82, 2.24) is 0 Å². The molecule has 0 saturated heterocycles. The van der Waals surface area contributed by atoms with Crippen LogP contribution in [-0.2, 0) is 16.0 Å². The van der Waals surface area contributed by atoms with Crippen LogP contribution in [0.25, 0.3) is 0 Å². The molecule has 0 unspecified atom stereocenters. The summed E-state index contributed by atoms with van der Waals surface area (Å²) in [6, 6.07) is 3.21. The molecule has 4 nitrogen and oxygen atoms in total. The topological polar surface area (TPSA) is 77.2 Å². The van der Waals surface area contributed by atoms with Crippen molar-refractivity contribution in [3.05, 3.63) is 34.9 Å². The van der Waals surface area contributed by atoms with E-state index in [0.29, 0.717) is 0 Å². The molecule has 0 aromatic heterocycles. The third-order valence-electron chi connectivity index (χ3n) is 3.07. The number of hydrogen-bond donors (Lipinski definition) is 1. The first-order chi connectivity index (χ1) is 9.99. The van der Waals surface area contributed by atoms with E-state index in [1.807, 2.05) is 0 Å². The fourth-order valence-corrected chi connectivity index (χ4v) is 3.52. The van der Waals surface area contributed by atoms with Gasteiger partial charge in [-0.15, -0.1) is 0 Å². The van der Waals surface area contributed by atoms with Gasteiger partial charge >= 0.3 is 6.18 Å². The van der Waals surface area contributed by atoms with Gasteiger partial charge in [-0.25, -0.2) is 12.8 Å². The molecule has 2 N–H and O–H groups in total. The lowest BCUT2D eigenvalue weighted by molar-refractivity contribution is -0.138. The maximum Gasteiger partial charge on any atom is 0.417 e. The Labute approximate surface area is 125 Å². The van der Waals surface area contributed by atoms with E-state index in [1.165, 1.54) is 13.0 Å². The zero-order valence-electron chi connectivity index (χ0n) is 11.7. The molecule has 0 saturated carbocycles. The number of halogens is 4. The number of carbonyl (C=O) groups excluding carboxylic acids is 1. The SMILES string of the molecule is C[C@@H](CS(=O)(=O)CCF)c1cccc(C(N)=O)c1C(F)(F)F. The number of carbonyl (C=O) groups is 1. The Balaban J connectivity index is 3.36. The summed E-state index contributed by atoms with van der Waals surface area (Å²) in [5.74, 6) is -3.73. The zero-order valence-corrected chi connectivity index (χ0v) is 12.5. The highest BCUT2D eigenvalue weighted by Gasteiger charge is 2.38. The Morgan fingerprint density at radius 2 is 1.91 bits per heavy atom. The van der Waals surface area contributed by atoms with E-state index >= 15 is 0 Å². The summed E-state index contributed by atoms with van der Waals surface area (Å²) in [7, 11) is -3.83. The average molecular weight is 341 g/mol. The van der Waals surface area contributed by atoms with Gasteiger partial charge in [-0.05, 0) is 17.5 Å². The molecule has 1 aromatic carbocycles. The summed E-state index contributed by atoms with van der Waals surface area (Å²) in [5, 5.41) is 0. The van der Waals surface area contributed by atoms with Crippen LogP contribution < -0.4 is 5.73 Å². The Morgan fingerprint density at radius 1 is 1.32 bits per heavy atom. The molecule has 22 heavy (non-hydrogen) atoms. The minimum Gasteiger partial charge on any atom is -0.366 e. The van der Waals surface area contributed by atoms with Gasteiger partial charge in [-0.2, -0.15) is 13.2 Å². The summed E-state index contributed by atoms with van der Waals surface area (Å²) in [5.41, 5.74) is 2.63. The first-order valence-corrected chi connectivity index (χ1v) is 8.08. The van der Waals surface area contributed by atoms with E-state index in [0.717, 1.165) is 12.1 Å². The molecule has 0 aliphatic heterocycles. The second-order valence-electron chi connectivity index (χ2n) is 4.84. The maximum atomic E-state index is 13.2. The minimum absolute atomic E-state index is 0.355. The zero-order chi connectivity index (χ0) is 17.1. The van der Waals surface area contributed by atoms with Crippen molar-refractivity contribution in [2.24, 2.45) is 5.73 Å². The number of primary amides is 1. The van der Waals surface area contributed by atoms with Gasteiger partial charge < -0.3 is 5.73 Å². The lowest BCUT2D eigenvalue weighted by Crippen LogP contribution is -2.24. The Hall–Kier alpha value is -1.64. The van der Waals surface area contributed by atoms with Gasteiger partial charge in [0, 0.05) is 0 Å². The van der Waals surface area contributed by atoms with Crippen molar-refractivity contribution in [3.8, 4) is 0 Å². The smallest absolute Gasteiger partial charge is 0.366 e. The average Bonchev–Trinajstić information content (AvgIpc) is 2.35. The molecular weight excluding hydrogens is 326 g/mol. The molecule has 0 fully saturated rings. The number of alkyl halides is 4. The summed E-state index contributed by atoms with van der Waals surface area (Å²) in [6.07, 6.45) is -4.86. The molecule has 0 bridgehead atoms. The lowest BCUT2D eigenvalue weighted by atomic mass is 9.92. The second kappa shape index (κ2) is 6.64. The van der Waals surface area contributed by atoms with E-state index in [4.69, 9.17) is 5.73 Å². The van der Waals surface area contributed by atoms with Gasteiger partial charge in [-0.1, -0.05) is 19.1 Å². The molecule has 9 heteroatoms. The van der Waals surface area contributed by atoms with Gasteiger partial charge in [-0.3, -0.25) is 4.79 Å². The maximum absolute atomic E-state index is 13.2. The third kappa shape index (κ3) is 4.43. The van der Waals surface area contributed by atoms with Gasteiger partial charge in [0.25, 0.3) is 0 Å².